The third-order valence-corrected chi connectivity index (χ3v) is 6.04. The lowest BCUT2D eigenvalue weighted by molar-refractivity contribution is 0.414. The maximum atomic E-state index is 12.3. The van der Waals surface area contributed by atoms with Gasteiger partial charge in [0.15, 0.2) is 0 Å². The van der Waals surface area contributed by atoms with Crippen molar-refractivity contribution in [2.24, 2.45) is 11.8 Å². The highest BCUT2D eigenvalue weighted by Crippen LogP contribution is 2.31. The average molecular weight is 317 g/mol. The van der Waals surface area contributed by atoms with Gasteiger partial charge in [0.1, 0.15) is 0 Å². The van der Waals surface area contributed by atoms with Crippen molar-refractivity contribution in [1.82, 2.24) is 4.72 Å². The van der Waals surface area contributed by atoms with Crippen LogP contribution in [0.25, 0.3) is 0 Å². The standard InChI is InChI=1S/C14H21ClN2O2S/c1-9-4-3-5-11(9)8-17-20(18,19)12-6-13(15)10(2)14(16)7-12/h6-7,9,11,17H,3-5,8,16H2,1-2H3. The molecule has 2 rings (SSSR count). The highest BCUT2D eigenvalue weighted by molar-refractivity contribution is 7.89. The van der Waals surface area contributed by atoms with Gasteiger partial charge in [0, 0.05) is 17.3 Å². The van der Waals surface area contributed by atoms with E-state index in [1.165, 1.54) is 25.0 Å². The van der Waals surface area contributed by atoms with Crippen LogP contribution in [-0.4, -0.2) is 15.0 Å². The molecule has 0 aromatic heterocycles. The van der Waals surface area contributed by atoms with Crippen LogP contribution in [0.5, 0.6) is 0 Å². The molecule has 20 heavy (non-hydrogen) atoms. The van der Waals surface area contributed by atoms with Crippen molar-refractivity contribution in [2.45, 2.75) is 38.0 Å². The highest BCUT2D eigenvalue weighted by Gasteiger charge is 2.25. The summed E-state index contributed by atoms with van der Waals surface area (Å²) in [7, 11) is -3.55. The smallest absolute Gasteiger partial charge is 0.240 e. The second-order valence-electron chi connectivity index (χ2n) is 5.64. The van der Waals surface area contributed by atoms with Gasteiger partial charge in [-0.1, -0.05) is 31.4 Å². The largest absolute Gasteiger partial charge is 0.398 e. The Hall–Kier alpha value is -0.780. The Morgan fingerprint density at radius 1 is 1.40 bits per heavy atom. The molecule has 6 heteroatoms. The Morgan fingerprint density at radius 2 is 2.10 bits per heavy atom. The molecule has 1 fully saturated rings. The summed E-state index contributed by atoms with van der Waals surface area (Å²) >= 11 is 6.00. The number of nitrogen functional groups attached to an aromatic ring is 1. The number of nitrogens with one attached hydrogen (secondary N) is 1. The van der Waals surface area contributed by atoms with Crippen molar-refractivity contribution in [3.05, 3.63) is 22.7 Å². The van der Waals surface area contributed by atoms with E-state index in [4.69, 9.17) is 17.3 Å². The van der Waals surface area contributed by atoms with E-state index >= 15 is 0 Å². The van der Waals surface area contributed by atoms with Gasteiger partial charge in [-0.3, -0.25) is 0 Å². The van der Waals surface area contributed by atoms with Gasteiger partial charge in [0.2, 0.25) is 10.0 Å². The summed E-state index contributed by atoms with van der Waals surface area (Å²) in [5.74, 6) is 0.993. The van der Waals surface area contributed by atoms with E-state index in [0.29, 0.717) is 34.7 Å². The van der Waals surface area contributed by atoms with Crippen LogP contribution < -0.4 is 10.5 Å². The second kappa shape index (κ2) is 5.92. The molecule has 1 aromatic carbocycles. The lowest BCUT2D eigenvalue weighted by Gasteiger charge is -2.16. The molecule has 1 aliphatic carbocycles. The number of sulfonamides is 1. The van der Waals surface area contributed by atoms with E-state index in [0.717, 1.165) is 6.42 Å². The van der Waals surface area contributed by atoms with Crippen LogP contribution in [0.3, 0.4) is 0 Å². The van der Waals surface area contributed by atoms with Gasteiger partial charge in [-0.2, -0.15) is 0 Å². The molecule has 2 unspecified atom stereocenters. The molecular formula is C14H21ClN2O2S. The summed E-state index contributed by atoms with van der Waals surface area (Å²) in [4.78, 5) is 0.135. The fourth-order valence-electron chi connectivity index (χ4n) is 2.65. The first-order valence-corrected chi connectivity index (χ1v) is 8.72. The van der Waals surface area contributed by atoms with E-state index < -0.39 is 10.0 Å². The summed E-state index contributed by atoms with van der Waals surface area (Å²) in [6, 6.07) is 2.91. The molecule has 1 aliphatic rings. The predicted octanol–water partition coefficient (Wildman–Crippen LogP) is 2.95. The lowest BCUT2D eigenvalue weighted by Crippen LogP contribution is -2.30. The molecule has 0 bridgehead atoms. The molecule has 1 saturated carbocycles. The molecule has 2 atom stereocenters. The Kier molecular flexibility index (Phi) is 4.62. The van der Waals surface area contributed by atoms with Crippen molar-refractivity contribution in [1.29, 1.82) is 0 Å². The molecule has 0 saturated heterocycles. The zero-order valence-electron chi connectivity index (χ0n) is 11.8. The summed E-state index contributed by atoms with van der Waals surface area (Å²) in [6.07, 6.45) is 3.44. The molecule has 0 radical (unpaired) electrons. The number of hydrogen-bond donors (Lipinski definition) is 2. The summed E-state index contributed by atoms with van der Waals surface area (Å²) in [5.41, 5.74) is 6.88. The molecule has 112 valence electrons. The molecule has 0 spiro atoms. The van der Waals surface area contributed by atoms with E-state index in [9.17, 15) is 8.42 Å². The van der Waals surface area contributed by atoms with Crippen LogP contribution in [0, 0.1) is 18.8 Å². The van der Waals surface area contributed by atoms with E-state index in [1.54, 1.807) is 6.92 Å². The minimum absolute atomic E-state index is 0.135. The molecule has 0 aliphatic heterocycles. The summed E-state index contributed by atoms with van der Waals surface area (Å²) in [6.45, 7) is 4.42. The molecule has 0 heterocycles. The zero-order chi connectivity index (χ0) is 14.9. The number of rotatable bonds is 4. The maximum absolute atomic E-state index is 12.3. The van der Waals surface area contributed by atoms with Crippen molar-refractivity contribution < 1.29 is 8.42 Å². The zero-order valence-corrected chi connectivity index (χ0v) is 13.4. The number of benzene rings is 1. The fourth-order valence-corrected chi connectivity index (χ4v) is 4.10. The van der Waals surface area contributed by atoms with Gasteiger partial charge in [0.05, 0.1) is 4.90 Å². The van der Waals surface area contributed by atoms with Gasteiger partial charge >= 0.3 is 0 Å². The van der Waals surface area contributed by atoms with Crippen LogP contribution in [0.2, 0.25) is 5.02 Å². The first kappa shape index (κ1) is 15.6. The van der Waals surface area contributed by atoms with E-state index in [2.05, 4.69) is 11.6 Å². The summed E-state index contributed by atoms with van der Waals surface area (Å²) < 4.78 is 27.3. The molecular weight excluding hydrogens is 296 g/mol. The first-order chi connectivity index (χ1) is 9.31. The van der Waals surface area contributed by atoms with Crippen LogP contribution in [-0.2, 0) is 10.0 Å². The van der Waals surface area contributed by atoms with Gasteiger partial charge in [-0.05, 0) is 42.9 Å². The second-order valence-corrected chi connectivity index (χ2v) is 7.81. The SMILES string of the molecule is Cc1c(N)cc(S(=O)(=O)NCC2CCCC2C)cc1Cl. The lowest BCUT2D eigenvalue weighted by atomic mass is 9.99. The predicted molar refractivity (Wildman–Crippen MR) is 82.3 cm³/mol. The van der Waals surface area contributed by atoms with E-state index in [-0.39, 0.29) is 4.90 Å². The van der Waals surface area contributed by atoms with E-state index in [1.807, 2.05) is 0 Å². The number of halogens is 1. The number of hydrogen-bond acceptors (Lipinski definition) is 3. The number of nitrogens with two attached hydrogens (primary N) is 1. The normalized spacial score (nSPS) is 23.1. The highest BCUT2D eigenvalue weighted by atomic mass is 35.5. The van der Waals surface area contributed by atoms with Gasteiger partial charge < -0.3 is 5.73 Å². The Balaban J connectivity index is 2.14. The molecule has 3 N–H and O–H groups in total. The Bertz CT molecular complexity index is 578. The van der Waals surface area contributed by atoms with Crippen LogP contribution in [0.15, 0.2) is 17.0 Å². The molecule has 1 aromatic rings. The average Bonchev–Trinajstić information content (AvgIpc) is 2.78. The van der Waals surface area contributed by atoms with Gasteiger partial charge in [-0.15, -0.1) is 0 Å². The van der Waals surface area contributed by atoms with Crippen molar-refractivity contribution in [3.63, 3.8) is 0 Å². The maximum Gasteiger partial charge on any atom is 0.240 e. The van der Waals surface area contributed by atoms with Crippen LogP contribution >= 0.6 is 11.6 Å². The minimum Gasteiger partial charge on any atom is -0.398 e. The van der Waals surface area contributed by atoms with Crippen molar-refractivity contribution in [3.8, 4) is 0 Å². The Labute approximate surface area is 125 Å². The topological polar surface area (TPSA) is 72.2 Å². The quantitative estimate of drug-likeness (QED) is 0.839. The fraction of sp³-hybridized carbons (Fsp3) is 0.571. The third kappa shape index (κ3) is 3.27. The van der Waals surface area contributed by atoms with Gasteiger partial charge in [0.25, 0.3) is 0 Å². The van der Waals surface area contributed by atoms with Gasteiger partial charge in [-0.25, -0.2) is 13.1 Å². The molecule has 0 amide bonds. The van der Waals surface area contributed by atoms with Crippen molar-refractivity contribution in [2.75, 3.05) is 12.3 Å². The number of anilines is 1. The monoisotopic (exact) mass is 316 g/mol. The molecule has 4 nitrogen and oxygen atoms in total. The van der Waals surface area contributed by atoms with Crippen LogP contribution in [0.1, 0.15) is 31.7 Å². The third-order valence-electron chi connectivity index (χ3n) is 4.24. The summed E-state index contributed by atoms with van der Waals surface area (Å²) in [5, 5.41) is 0.375. The minimum atomic E-state index is -3.55. The Morgan fingerprint density at radius 3 is 2.65 bits per heavy atom. The first-order valence-electron chi connectivity index (χ1n) is 6.86. The van der Waals surface area contributed by atoms with Crippen molar-refractivity contribution >= 4 is 27.3 Å². The van der Waals surface area contributed by atoms with Crippen LogP contribution in [0.4, 0.5) is 5.69 Å².